The van der Waals surface area contributed by atoms with Crippen molar-refractivity contribution in [2.24, 2.45) is 0 Å². The van der Waals surface area contributed by atoms with E-state index >= 15 is 0 Å². The normalized spacial score (nSPS) is 12.7. The molecular formula is C22H28N2O4S. The maximum absolute atomic E-state index is 12.6. The first kappa shape index (κ1) is 22.6. The van der Waals surface area contributed by atoms with Crippen LogP contribution in [-0.2, 0) is 9.53 Å². The van der Waals surface area contributed by atoms with Gasteiger partial charge in [-0.25, -0.2) is 4.79 Å². The van der Waals surface area contributed by atoms with Crippen LogP contribution in [0.3, 0.4) is 0 Å². The van der Waals surface area contributed by atoms with Gasteiger partial charge in [-0.2, -0.15) is 0 Å². The molecule has 29 heavy (non-hydrogen) atoms. The highest BCUT2D eigenvalue weighted by Crippen LogP contribution is 2.16. The lowest BCUT2D eigenvalue weighted by molar-refractivity contribution is -0.139. The highest BCUT2D eigenvalue weighted by molar-refractivity contribution is 7.12. The Bertz CT molecular complexity index is 825. The van der Waals surface area contributed by atoms with Crippen molar-refractivity contribution in [1.29, 1.82) is 0 Å². The predicted octanol–water partition coefficient (Wildman–Crippen LogP) is 4.58. The highest BCUT2D eigenvalue weighted by atomic mass is 32.1. The van der Waals surface area contributed by atoms with Crippen LogP contribution in [0.2, 0.25) is 0 Å². The summed E-state index contributed by atoms with van der Waals surface area (Å²) < 4.78 is 5.25. The van der Waals surface area contributed by atoms with Gasteiger partial charge in [0.15, 0.2) is 6.61 Å². The van der Waals surface area contributed by atoms with Crippen LogP contribution in [0.25, 0.3) is 0 Å². The van der Waals surface area contributed by atoms with E-state index < -0.39 is 5.97 Å². The molecule has 1 aromatic carbocycles. The molecule has 1 N–H and O–H groups in total. The van der Waals surface area contributed by atoms with Crippen molar-refractivity contribution in [3.05, 3.63) is 52.2 Å². The molecule has 0 saturated heterocycles. The first-order valence-corrected chi connectivity index (χ1v) is 10.7. The Hall–Kier alpha value is -2.67. The average molecular weight is 417 g/mol. The van der Waals surface area contributed by atoms with Gasteiger partial charge in [-0.05, 0) is 56.3 Å². The van der Waals surface area contributed by atoms with Gasteiger partial charge in [0, 0.05) is 17.8 Å². The Morgan fingerprint density at radius 3 is 2.34 bits per heavy atom. The number of carbonyl (C=O) groups excluding carboxylic acids is 3. The van der Waals surface area contributed by atoms with Crippen LogP contribution in [0.5, 0.6) is 0 Å². The number of ether oxygens (including phenoxy) is 1. The number of hydrogen-bond acceptors (Lipinski definition) is 5. The lowest BCUT2D eigenvalue weighted by Crippen LogP contribution is -2.46. The SMILES string of the molecule is CC[C@@H](C)N(C(=O)COC(=O)c1cccc(NC(=O)c2cccs2)c1)[C@H](C)CC. The van der Waals surface area contributed by atoms with Crippen molar-refractivity contribution < 1.29 is 19.1 Å². The largest absolute Gasteiger partial charge is 0.452 e. The summed E-state index contributed by atoms with van der Waals surface area (Å²) in [6.07, 6.45) is 1.66. The topological polar surface area (TPSA) is 75.7 Å². The zero-order chi connectivity index (χ0) is 21.4. The fourth-order valence-electron chi connectivity index (χ4n) is 2.93. The van der Waals surface area contributed by atoms with E-state index in [0.29, 0.717) is 10.6 Å². The van der Waals surface area contributed by atoms with Gasteiger partial charge in [-0.15, -0.1) is 11.3 Å². The molecule has 2 amide bonds. The fourth-order valence-corrected chi connectivity index (χ4v) is 3.55. The Balaban J connectivity index is 2.00. The molecule has 0 fully saturated rings. The summed E-state index contributed by atoms with van der Waals surface area (Å²) in [7, 11) is 0. The Kier molecular flexibility index (Phi) is 8.39. The minimum absolute atomic E-state index is 0.0759. The van der Waals surface area contributed by atoms with Crippen LogP contribution in [-0.4, -0.2) is 41.4 Å². The zero-order valence-corrected chi connectivity index (χ0v) is 18.1. The minimum atomic E-state index is -0.598. The first-order valence-electron chi connectivity index (χ1n) is 9.80. The lowest BCUT2D eigenvalue weighted by atomic mass is 10.1. The second-order valence-electron chi connectivity index (χ2n) is 6.90. The van der Waals surface area contributed by atoms with E-state index in [9.17, 15) is 14.4 Å². The molecule has 0 radical (unpaired) electrons. The van der Waals surface area contributed by atoms with Gasteiger partial charge >= 0.3 is 5.97 Å². The molecule has 0 aliphatic rings. The molecule has 0 bridgehead atoms. The van der Waals surface area contributed by atoms with E-state index in [1.165, 1.54) is 11.3 Å². The van der Waals surface area contributed by atoms with Crippen molar-refractivity contribution in [1.82, 2.24) is 4.90 Å². The quantitative estimate of drug-likeness (QED) is 0.607. The summed E-state index contributed by atoms with van der Waals surface area (Å²) in [6, 6.07) is 10.2. The standard InChI is InChI=1S/C22H28N2O4S/c1-5-15(3)24(16(4)6-2)20(25)14-28-22(27)17-9-7-10-18(13-17)23-21(26)19-11-8-12-29-19/h7-13,15-16H,5-6,14H2,1-4H3,(H,23,26)/t15-,16-/m1/s1. The number of benzene rings is 1. The van der Waals surface area contributed by atoms with Crippen molar-refractivity contribution in [2.45, 2.75) is 52.6 Å². The maximum atomic E-state index is 12.6. The molecule has 2 rings (SSSR count). The summed E-state index contributed by atoms with van der Waals surface area (Å²) in [4.78, 5) is 39.6. The molecule has 2 aromatic rings. The van der Waals surface area contributed by atoms with Gasteiger partial charge < -0.3 is 15.0 Å². The molecule has 156 valence electrons. The number of amides is 2. The second-order valence-corrected chi connectivity index (χ2v) is 7.85. The molecule has 6 nitrogen and oxygen atoms in total. The summed E-state index contributed by atoms with van der Waals surface area (Å²) >= 11 is 1.34. The number of thiophene rings is 1. The Labute approximate surface area is 175 Å². The van der Waals surface area contributed by atoms with Crippen LogP contribution in [0.15, 0.2) is 41.8 Å². The third-order valence-corrected chi connectivity index (χ3v) is 5.72. The minimum Gasteiger partial charge on any atom is -0.452 e. The van der Waals surface area contributed by atoms with Crippen LogP contribution in [0.1, 0.15) is 60.6 Å². The lowest BCUT2D eigenvalue weighted by Gasteiger charge is -2.33. The van der Waals surface area contributed by atoms with Gasteiger partial charge in [0.2, 0.25) is 0 Å². The third kappa shape index (κ3) is 6.15. The molecule has 1 heterocycles. The van der Waals surface area contributed by atoms with Crippen molar-refractivity contribution in [2.75, 3.05) is 11.9 Å². The number of rotatable bonds is 9. The van der Waals surface area contributed by atoms with Crippen LogP contribution >= 0.6 is 11.3 Å². The molecule has 0 unspecified atom stereocenters. The van der Waals surface area contributed by atoms with Crippen molar-refractivity contribution in [3.8, 4) is 0 Å². The molecular weight excluding hydrogens is 388 g/mol. The molecule has 0 saturated carbocycles. The van der Waals surface area contributed by atoms with Crippen molar-refractivity contribution >= 4 is 34.8 Å². The predicted molar refractivity (Wildman–Crippen MR) is 115 cm³/mol. The summed E-state index contributed by atoms with van der Waals surface area (Å²) in [5.41, 5.74) is 0.769. The summed E-state index contributed by atoms with van der Waals surface area (Å²) in [6.45, 7) is 7.72. The number of nitrogens with one attached hydrogen (secondary N) is 1. The average Bonchev–Trinajstić information content (AvgIpc) is 3.27. The van der Waals surface area contributed by atoms with Gasteiger partial charge in [0.1, 0.15) is 0 Å². The first-order chi connectivity index (χ1) is 13.9. The highest BCUT2D eigenvalue weighted by Gasteiger charge is 2.24. The molecule has 7 heteroatoms. The van der Waals surface area contributed by atoms with E-state index in [2.05, 4.69) is 5.32 Å². The second kappa shape index (κ2) is 10.8. The number of carbonyl (C=O) groups is 3. The molecule has 0 aliphatic carbocycles. The maximum Gasteiger partial charge on any atom is 0.338 e. The van der Waals surface area contributed by atoms with Crippen LogP contribution in [0.4, 0.5) is 5.69 Å². The number of anilines is 1. The number of nitrogens with zero attached hydrogens (tertiary/aromatic N) is 1. The summed E-state index contributed by atoms with van der Waals surface area (Å²) in [5, 5.41) is 4.58. The van der Waals surface area contributed by atoms with Gasteiger partial charge in [0.05, 0.1) is 10.4 Å². The van der Waals surface area contributed by atoms with E-state index in [-0.39, 0.29) is 36.1 Å². The van der Waals surface area contributed by atoms with Gasteiger partial charge in [-0.1, -0.05) is 26.0 Å². The van der Waals surface area contributed by atoms with E-state index in [1.54, 1.807) is 41.3 Å². The summed E-state index contributed by atoms with van der Waals surface area (Å²) in [5.74, 6) is -1.04. The van der Waals surface area contributed by atoms with Gasteiger partial charge in [0.25, 0.3) is 11.8 Å². The smallest absolute Gasteiger partial charge is 0.338 e. The number of hydrogen-bond donors (Lipinski definition) is 1. The fraction of sp³-hybridized carbons (Fsp3) is 0.409. The zero-order valence-electron chi connectivity index (χ0n) is 17.3. The third-order valence-electron chi connectivity index (χ3n) is 4.85. The monoisotopic (exact) mass is 416 g/mol. The molecule has 2 atom stereocenters. The Morgan fingerprint density at radius 2 is 1.76 bits per heavy atom. The van der Waals surface area contributed by atoms with Crippen LogP contribution in [0, 0.1) is 0 Å². The van der Waals surface area contributed by atoms with Crippen molar-refractivity contribution in [3.63, 3.8) is 0 Å². The number of esters is 1. The van der Waals surface area contributed by atoms with E-state index in [4.69, 9.17) is 4.74 Å². The van der Waals surface area contributed by atoms with E-state index in [0.717, 1.165) is 12.8 Å². The van der Waals surface area contributed by atoms with Gasteiger partial charge in [-0.3, -0.25) is 9.59 Å². The van der Waals surface area contributed by atoms with E-state index in [1.807, 2.05) is 33.1 Å². The Morgan fingerprint density at radius 1 is 1.07 bits per heavy atom. The molecule has 1 aromatic heterocycles. The molecule has 0 spiro atoms. The molecule has 0 aliphatic heterocycles. The van der Waals surface area contributed by atoms with Crippen LogP contribution < -0.4 is 5.32 Å².